The predicted octanol–water partition coefficient (Wildman–Crippen LogP) is 2.17. The summed E-state index contributed by atoms with van der Waals surface area (Å²) in [5.74, 6) is 0.880. The van der Waals surface area contributed by atoms with Crippen molar-refractivity contribution in [2.45, 2.75) is 6.92 Å². The van der Waals surface area contributed by atoms with Gasteiger partial charge in [0, 0.05) is 5.56 Å². The van der Waals surface area contributed by atoms with E-state index in [1.807, 2.05) is 6.92 Å². The molecule has 0 aliphatic rings. The molecule has 0 aliphatic carbocycles. The van der Waals surface area contributed by atoms with E-state index < -0.39 is 0 Å². The first-order chi connectivity index (χ1) is 8.67. The first kappa shape index (κ1) is 14.6. The molecular formula is C13H16O4S. The third-order valence-corrected chi connectivity index (χ3v) is 3.07. The number of rotatable bonds is 7. The molecule has 0 spiro atoms. The van der Waals surface area contributed by atoms with Gasteiger partial charge < -0.3 is 9.47 Å². The van der Waals surface area contributed by atoms with Gasteiger partial charge in [-0.25, -0.2) is 0 Å². The van der Waals surface area contributed by atoms with E-state index in [9.17, 15) is 9.59 Å². The zero-order chi connectivity index (χ0) is 13.4. The molecule has 98 valence electrons. The monoisotopic (exact) mass is 268 g/mol. The normalized spacial score (nSPS) is 9.89. The number of hydrogen-bond acceptors (Lipinski definition) is 5. The molecule has 0 bridgehead atoms. The van der Waals surface area contributed by atoms with Crippen molar-refractivity contribution in [2.24, 2.45) is 0 Å². The van der Waals surface area contributed by atoms with E-state index in [0.29, 0.717) is 12.2 Å². The minimum Gasteiger partial charge on any atom is -0.494 e. The second kappa shape index (κ2) is 7.76. The van der Waals surface area contributed by atoms with Crippen LogP contribution in [0.1, 0.15) is 17.3 Å². The van der Waals surface area contributed by atoms with Crippen molar-refractivity contribution in [1.29, 1.82) is 0 Å². The highest BCUT2D eigenvalue weighted by molar-refractivity contribution is 8.00. The van der Waals surface area contributed by atoms with Gasteiger partial charge in [-0.1, -0.05) is 0 Å². The molecule has 0 atom stereocenters. The average molecular weight is 268 g/mol. The maximum absolute atomic E-state index is 11.8. The molecule has 0 aliphatic heterocycles. The lowest BCUT2D eigenvalue weighted by molar-refractivity contribution is -0.137. The lowest BCUT2D eigenvalue weighted by Gasteiger charge is -2.04. The number of benzene rings is 1. The van der Waals surface area contributed by atoms with Crippen LogP contribution in [0.25, 0.3) is 0 Å². The summed E-state index contributed by atoms with van der Waals surface area (Å²) in [6.07, 6.45) is 0. The number of thioether (sulfide) groups is 1. The van der Waals surface area contributed by atoms with Crippen LogP contribution in [0.4, 0.5) is 0 Å². The van der Waals surface area contributed by atoms with Crippen molar-refractivity contribution in [3.63, 3.8) is 0 Å². The Morgan fingerprint density at radius 1 is 1.17 bits per heavy atom. The Kier molecular flexibility index (Phi) is 6.28. The summed E-state index contributed by atoms with van der Waals surface area (Å²) in [6.45, 7) is 2.50. The highest BCUT2D eigenvalue weighted by atomic mass is 32.2. The number of ketones is 1. The van der Waals surface area contributed by atoms with Gasteiger partial charge in [-0.15, -0.1) is 11.8 Å². The molecule has 0 amide bonds. The predicted molar refractivity (Wildman–Crippen MR) is 71.3 cm³/mol. The molecule has 0 fully saturated rings. The van der Waals surface area contributed by atoms with Crippen LogP contribution < -0.4 is 4.74 Å². The van der Waals surface area contributed by atoms with Gasteiger partial charge in [0.25, 0.3) is 0 Å². The number of carbonyl (C=O) groups excluding carboxylic acids is 2. The van der Waals surface area contributed by atoms with E-state index in [1.165, 1.54) is 18.9 Å². The van der Waals surface area contributed by atoms with Crippen molar-refractivity contribution < 1.29 is 19.1 Å². The van der Waals surface area contributed by atoms with Gasteiger partial charge >= 0.3 is 5.97 Å². The van der Waals surface area contributed by atoms with Gasteiger partial charge in [0.2, 0.25) is 0 Å². The molecule has 0 radical (unpaired) electrons. The van der Waals surface area contributed by atoms with Crippen LogP contribution in [0.15, 0.2) is 24.3 Å². The topological polar surface area (TPSA) is 52.6 Å². The number of Topliss-reactive ketones (excluding diaryl/α,β-unsaturated/α-hetero) is 1. The zero-order valence-electron chi connectivity index (χ0n) is 10.5. The van der Waals surface area contributed by atoms with Crippen LogP contribution in [0.3, 0.4) is 0 Å². The maximum atomic E-state index is 11.8. The molecule has 0 saturated carbocycles. The Morgan fingerprint density at radius 2 is 1.83 bits per heavy atom. The SMILES string of the molecule is CCOc1ccc(C(=O)CSCC(=O)OC)cc1. The molecule has 4 nitrogen and oxygen atoms in total. The van der Waals surface area contributed by atoms with Crippen LogP contribution in [0.5, 0.6) is 5.75 Å². The van der Waals surface area contributed by atoms with Crippen molar-refractivity contribution in [1.82, 2.24) is 0 Å². The fourth-order valence-electron chi connectivity index (χ4n) is 1.27. The number of ether oxygens (including phenoxy) is 2. The van der Waals surface area contributed by atoms with Crippen molar-refractivity contribution in [3.8, 4) is 5.75 Å². The van der Waals surface area contributed by atoms with E-state index >= 15 is 0 Å². The summed E-state index contributed by atoms with van der Waals surface area (Å²) < 4.78 is 9.78. The first-order valence-electron chi connectivity index (χ1n) is 5.58. The Bertz CT molecular complexity index is 400. The van der Waals surface area contributed by atoms with Crippen LogP contribution in [0, 0.1) is 0 Å². The van der Waals surface area contributed by atoms with Gasteiger partial charge in [0.05, 0.1) is 25.2 Å². The van der Waals surface area contributed by atoms with Crippen molar-refractivity contribution in [2.75, 3.05) is 25.2 Å². The molecule has 0 saturated heterocycles. The molecule has 0 unspecified atom stereocenters. The standard InChI is InChI=1S/C13H16O4S/c1-3-17-11-6-4-10(5-7-11)12(14)8-18-9-13(15)16-2/h4-7H,3,8-9H2,1-2H3. The van der Waals surface area contributed by atoms with E-state index in [4.69, 9.17) is 4.74 Å². The van der Waals surface area contributed by atoms with Crippen molar-refractivity contribution >= 4 is 23.5 Å². The Labute approximate surface area is 111 Å². The quantitative estimate of drug-likeness (QED) is 0.560. The fraction of sp³-hybridized carbons (Fsp3) is 0.385. The zero-order valence-corrected chi connectivity index (χ0v) is 11.3. The summed E-state index contributed by atoms with van der Waals surface area (Å²) in [6, 6.07) is 6.99. The minimum atomic E-state index is -0.320. The number of esters is 1. The molecule has 0 heterocycles. The number of methoxy groups -OCH3 is 1. The van der Waals surface area contributed by atoms with Gasteiger partial charge in [0.15, 0.2) is 5.78 Å². The van der Waals surface area contributed by atoms with Gasteiger partial charge in [-0.2, -0.15) is 0 Å². The molecule has 1 aromatic rings. The fourth-order valence-corrected chi connectivity index (χ4v) is 2.01. The lowest BCUT2D eigenvalue weighted by atomic mass is 10.1. The van der Waals surface area contributed by atoms with E-state index in [2.05, 4.69) is 4.74 Å². The molecule has 5 heteroatoms. The highest BCUT2D eigenvalue weighted by Crippen LogP contribution is 2.14. The smallest absolute Gasteiger partial charge is 0.315 e. The minimum absolute atomic E-state index is 0.00745. The Morgan fingerprint density at radius 3 is 2.39 bits per heavy atom. The second-order valence-corrected chi connectivity index (χ2v) is 4.44. The highest BCUT2D eigenvalue weighted by Gasteiger charge is 2.08. The summed E-state index contributed by atoms with van der Waals surface area (Å²) in [5.41, 5.74) is 0.621. The number of carbonyl (C=O) groups is 2. The summed E-state index contributed by atoms with van der Waals surface area (Å²) in [5, 5.41) is 0. The van der Waals surface area contributed by atoms with E-state index in [-0.39, 0.29) is 23.3 Å². The largest absolute Gasteiger partial charge is 0.494 e. The van der Waals surface area contributed by atoms with Crippen LogP contribution in [0.2, 0.25) is 0 Å². The van der Waals surface area contributed by atoms with E-state index in [0.717, 1.165) is 5.75 Å². The van der Waals surface area contributed by atoms with Crippen LogP contribution >= 0.6 is 11.8 Å². The lowest BCUT2D eigenvalue weighted by Crippen LogP contribution is -2.08. The molecular weight excluding hydrogens is 252 g/mol. The first-order valence-corrected chi connectivity index (χ1v) is 6.73. The van der Waals surface area contributed by atoms with Crippen LogP contribution in [-0.2, 0) is 9.53 Å². The average Bonchev–Trinajstić information content (AvgIpc) is 2.39. The van der Waals surface area contributed by atoms with Gasteiger partial charge in [-0.05, 0) is 31.2 Å². The second-order valence-electron chi connectivity index (χ2n) is 3.45. The van der Waals surface area contributed by atoms with Gasteiger partial charge in [0.1, 0.15) is 5.75 Å². The maximum Gasteiger partial charge on any atom is 0.315 e. The number of hydrogen-bond donors (Lipinski definition) is 0. The Hall–Kier alpha value is -1.49. The molecule has 1 aromatic carbocycles. The summed E-state index contributed by atoms with van der Waals surface area (Å²) in [7, 11) is 1.33. The molecule has 1 rings (SSSR count). The van der Waals surface area contributed by atoms with Gasteiger partial charge in [-0.3, -0.25) is 9.59 Å². The van der Waals surface area contributed by atoms with Crippen molar-refractivity contribution in [3.05, 3.63) is 29.8 Å². The van der Waals surface area contributed by atoms with Crippen LogP contribution in [-0.4, -0.2) is 37.0 Å². The molecule has 18 heavy (non-hydrogen) atoms. The Balaban J connectivity index is 2.44. The third kappa shape index (κ3) is 4.79. The summed E-state index contributed by atoms with van der Waals surface area (Å²) in [4.78, 5) is 22.6. The summed E-state index contributed by atoms with van der Waals surface area (Å²) >= 11 is 1.25. The van der Waals surface area contributed by atoms with E-state index in [1.54, 1.807) is 24.3 Å². The molecule has 0 N–H and O–H groups in total. The third-order valence-electron chi connectivity index (χ3n) is 2.17. The molecule has 0 aromatic heterocycles.